The molecule has 3 rings (SSSR count). The zero-order valence-electron chi connectivity index (χ0n) is 14.2. The summed E-state index contributed by atoms with van der Waals surface area (Å²) in [5.41, 5.74) is 6.73. The minimum Gasteiger partial charge on any atom is -0.450 e. The quantitative estimate of drug-likeness (QED) is 0.597. The second-order valence-corrected chi connectivity index (χ2v) is 5.60. The normalized spacial score (nSPS) is 9.80. The summed E-state index contributed by atoms with van der Waals surface area (Å²) in [5, 5.41) is 13.9. The summed E-state index contributed by atoms with van der Waals surface area (Å²) in [6.45, 7) is 2.24. The number of hydrogen-bond acceptors (Lipinski definition) is 1. The molecule has 0 spiro atoms. The predicted octanol–water partition coefficient (Wildman–Crippen LogP) is 6.20. The molecule has 0 bridgehead atoms. The molecule has 25 heavy (non-hydrogen) atoms. The maximum absolute atomic E-state index is 8.56. The number of hydrogen-bond donors (Lipinski definition) is 2. The lowest BCUT2D eigenvalue weighted by atomic mass is 9.89. The average Bonchev–Trinajstić information content (AvgIpc) is 2.63. The largest absolute Gasteiger partial charge is 0.503 e. The first-order valence-electron chi connectivity index (χ1n) is 8.28. The predicted molar refractivity (Wildman–Crippen MR) is 102 cm³/mol. The molecule has 3 aromatic carbocycles. The molecule has 0 aliphatic carbocycles. The highest BCUT2D eigenvalue weighted by atomic mass is 16.6. The molecule has 3 heteroatoms. The number of carboxylic acid groups (broad SMARTS) is 2. The van der Waals surface area contributed by atoms with Gasteiger partial charge >= 0.3 is 6.16 Å². The van der Waals surface area contributed by atoms with Crippen LogP contribution in [0.1, 0.15) is 18.9 Å². The van der Waals surface area contributed by atoms with Crippen molar-refractivity contribution in [3.05, 3.63) is 84.4 Å². The zero-order chi connectivity index (χ0) is 18.1. The molecule has 0 aromatic heterocycles. The van der Waals surface area contributed by atoms with E-state index in [-0.39, 0.29) is 0 Å². The van der Waals surface area contributed by atoms with Crippen molar-refractivity contribution in [1.29, 1.82) is 0 Å². The third-order valence-corrected chi connectivity index (χ3v) is 3.82. The summed E-state index contributed by atoms with van der Waals surface area (Å²) in [6, 6.07) is 28.1. The van der Waals surface area contributed by atoms with E-state index in [9.17, 15) is 0 Å². The average molecular weight is 334 g/mol. The molecule has 0 aliphatic heterocycles. The Morgan fingerprint density at radius 3 is 1.80 bits per heavy atom. The first-order valence-corrected chi connectivity index (χ1v) is 8.28. The van der Waals surface area contributed by atoms with Gasteiger partial charge in [-0.2, -0.15) is 0 Å². The van der Waals surface area contributed by atoms with E-state index >= 15 is 0 Å². The minimum atomic E-state index is -1.83. The van der Waals surface area contributed by atoms with Crippen LogP contribution in [0, 0.1) is 0 Å². The monoisotopic (exact) mass is 334 g/mol. The first-order chi connectivity index (χ1) is 12.1. The Balaban J connectivity index is 0.000000511. The second kappa shape index (κ2) is 9.28. The fourth-order valence-corrected chi connectivity index (χ4v) is 2.88. The van der Waals surface area contributed by atoms with Crippen molar-refractivity contribution in [1.82, 2.24) is 0 Å². The third-order valence-electron chi connectivity index (χ3n) is 3.82. The maximum Gasteiger partial charge on any atom is 0.503 e. The SMILES string of the molecule is CCCc1cccc(-c2ccccc2)c1-c1ccccc1.O=C(O)O. The van der Waals surface area contributed by atoms with E-state index in [1.54, 1.807) is 0 Å². The van der Waals surface area contributed by atoms with Gasteiger partial charge in [0, 0.05) is 0 Å². The highest BCUT2D eigenvalue weighted by molar-refractivity contribution is 5.85. The van der Waals surface area contributed by atoms with Gasteiger partial charge in [0.15, 0.2) is 0 Å². The maximum atomic E-state index is 8.56. The van der Waals surface area contributed by atoms with Gasteiger partial charge in [0.1, 0.15) is 0 Å². The third kappa shape index (κ3) is 5.21. The van der Waals surface area contributed by atoms with E-state index in [4.69, 9.17) is 15.0 Å². The Bertz CT molecular complexity index is 792. The van der Waals surface area contributed by atoms with E-state index in [0.717, 1.165) is 12.8 Å². The van der Waals surface area contributed by atoms with Crippen LogP contribution in [0.3, 0.4) is 0 Å². The molecule has 3 nitrogen and oxygen atoms in total. The molecule has 0 radical (unpaired) electrons. The molecule has 0 amide bonds. The van der Waals surface area contributed by atoms with Crippen molar-refractivity contribution >= 4 is 6.16 Å². The van der Waals surface area contributed by atoms with Crippen LogP contribution in [-0.4, -0.2) is 16.4 Å². The zero-order valence-corrected chi connectivity index (χ0v) is 14.2. The molecular formula is C22H22O3. The molecule has 0 saturated heterocycles. The molecule has 0 fully saturated rings. The van der Waals surface area contributed by atoms with E-state index in [2.05, 4.69) is 85.8 Å². The van der Waals surface area contributed by atoms with Crippen LogP contribution in [0.15, 0.2) is 78.9 Å². The standard InChI is InChI=1S/C21H20.CH2O3/c1-2-10-18-15-9-16-20(17-11-5-3-6-12-17)21(18)19-13-7-4-8-14-19;2-1(3)4/h3-9,11-16H,2,10H2,1H3;(H2,2,3,4). The smallest absolute Gasteiger partial charge is 0.450 e. The van der Waals surface area contributed by atoms with Gasteiger partial charge in [-0.05, 0) is 34.2 Å². The first kappa shape index (κ1) is 18.3. The van der Waals surface area contributed by atoms with Gasteiger partial charge in [0.25, 0.3) is 0 Å². The Hall–Kier alpha value is -3.07. The van der Waals surface area contributed by atoms with Crippen LogP contribution in [-0.2, 0) is 6.42 Å². The van der Waals surface area contributed by atoms with Crippen LogP contribution in [0.2, 0.25) is 0 Å². The van der Waals surface area contributed by atoms with Gasteiger partial charge in [-0.15, -0.1) is 0 Å². The molecule has 2 N–H and O–H groups in total. The van der Waals surface area contributed by atoms with E-state index in [1.807, 2.05) is 0 Å². The van der Waals surface area contributed by atoms with Gasteiger partial charge < -0.3 is 10.2 Å². The summed E-state index contributed by atoms with van der Waals surface area (Å²) < 4.78 is 0. The van der Waals surface area contributed by atoms with E-state index < -0.39 is 6.16 Å². The summed E-state index contributed by atoms with van der Waals surface area (Å²) in [6.07, 6.45) is 0.447. The number of benzene rings is 3. The highest BCUT2D eigenvalue weighted by Crippen LogP contribution is 2.35. The molecule has 0 unspecified atom stereocenters. The van der Waals surface area contributed by atoms with Crippen LogP contribution in [0.5, 0.6) is 0 Å². The molecular weight excluding hydrogens is 312 g/mol. The molecule has 128 valence electrons. The molecule has 3 aromatic rings. The van der Waals surface area contributed by atoms with Crippen molar-refractivity contribution in [2.75, 3.05) is 0 Å². The van der Waals surface area contributed by atoms with Gasteiger partial charge in [-0.25, -0.2) is 4.79 Å². The van der Waals surface area contributed by atoms with Crippen molar-refractivity contribution in [3.63, 3.8) is 0 Å². The van der Waals surface area contributed by atoms with E-state index in [1.165, 1.54) is 27.8 Å². The Morgan fingerprint density at radius 2 is 1.28 bits per heavy atom. The summed E-state index contributed by atoms with van der Waals surface area (Å²) in [5.74, 6) is 0. The molecule has 0 heterocycles. The Kier molecular flexibility index (Phi) is 6.78. The summed E-state index contributed by atoms with van der Waals surface area (Å²) in [4.78, 5) is 8.56. The van der Waals surface area contributed by atoms with Crippen molar-refractivity contribution in [2.24, 2.45) is 0 Å². The van der Waals surface area contributed by atoms with E-state index in [0.29, 0.717) is 0 Å². The summed E-state index contributed by atoms with van der Waals surface area (Å²) >= 11 is 0. The minimum absolute atomic E-state index is 1.12. The Morgan fingerprint density at radius 1 is 0.760 bits per heavy atom. The van der Waals surface area contributed by atoms with Crippen LogP contribution in [0.4, 0.5) is 4.79 Å². The lowest BCUT2D eigenvalue weighted by Crippen LogP contribution is -1.93. The highest BCUT2D eigenvalue weighted by Gasteiger charge is 2.11. The molecule has 0 atom stereocenters. The number of aryl methyl sites for hydroxylation is 1. The van der Waals surface area contributed by atoms with Gasteiger partial charge in [-0.1, -0.05) is 92.2 Å². The van der Waals surface area contributed by atoms with Crippen molar-refractivity contribution in [2.45, 2.75) is 19.8 Å². The molecule has 0 aliphatic rings. The van der Waals surface area contributed by atoms with Gasteiger partial charge in [-0.3, -0.25) is 0 Å². The van der Waals surface area contributed by atoms with Crippen molar-refractivity contribution in [3.8, 4) is 22.3 Å². The topological polar surface area (TPSA) is 57.5 Å². The van der Waals surface area contributed by atoms with Crippen LogP contribution >= 0.6 is 0 Å². The lowest BCUT2D eigenvalue weighted by Gasteiger charge is -2.15. The van der Waals surface area contributed by atoms with Crippen molar-refractivity contribution < 1.29 is 15.0 Å². The number of rotatable bonds is 4. The number of carbonyl (C=O) groups is 1. The lowest BCUT2D eigenvalue weighted by molar-refractivity contribution is 0.137. The fourth-order valence-electron chi connectivity index (χ4n) is 2.88. The van der Waals surface area contributed by atoms with Gasteiger partial charge in [0.2, 0.25) is 0 Å². The fraction of sp³-hybridized carbons (Fsp3) is 0.136. The summed E-state index contributed by atoms with van der Waals surface area (Å²) in [7, 11) is 0. The second-order valence-electron chi connectivity index (χ2n) is 5.60. The Labute approximate surface area is 148 Å². The van der Waals surface area contributed by atoms with Crippen LogP contribution in [0.25, 0.3) is 22.3 Å². The van der Waals surface area contributed by atoms with Gasteiger partial charge in [0.05, 0.1) is 0 Å². The van der Waals surface area contributed by atoms with Crippen LogP contribution < -0.4 is 0 Å². The molecule has 0 saturated carbocycles.